The van der Waals surface area contributed by atoms with Crippen LogP contribution in [0, 0.1) is 0 Å². The van der Waals surface area contributed by atoms with Gasteiger partial charge in [0.05, 0.1) is 39.9 Å². The van der Waals surface area contributed by atoms with Crippen LogP contribution in [0.1, 0.15) is 277 Å². The number of phosphoric ester groups is 1. The minimum Gasteiger partial charge on any atom is -0.756 e. The third-order valence-electron chi connectivity index (χ3n) is 12.9. The first kappa shape index (κ1) is 64.0. The van der Waals surface area contributed by atoms with Crippen molar-refractivity contribution in [2.45, 2.75) is 289 Å². The highest BCUT2D eigenvalue weighted by Crippen LogP contribution is 2.38. The van der Waals surface area contributed by atoms with Crippen LogP contribution < -0.4 is 10.2 Å². The van der Waals surface area contributed by atoms with Gasteiger partial charge in [0.15, 0.2) is 0 Å². The molecule has 0 fully saturated rings. The fraction of sp³-hybridized carbons (Fsp3) is 0.911. The number of amides is 1. The van der Waals surface area contributed by atoms with Gasteiger partial charge in [-0.05, 0) is 44.9 Å². The summed E-state index contributed by atoms with van der Waals surface area (Å²) in [4.78, 5) is 25.4. The highest BCUT2D eigenvalue weighted by atomic mass is 31.2. The molecule has 8 nitrogen and oxygen atoms in total. The fourth-order valence-electron chi connectivity index (χ4n) is 8.44. The van der Waals surface area contributed by atoms with Gasteiger partial charge < -0.3 is 28.8 Å². The summed E-state index contributed by atoms with van der Waals surface area (Å²) < 4.78 is 23.2. The van der Waals surface area contributed by atoms with E-state index in [0.29, 0.717) is 17.4 Å². The SMILES string of the molecule is CCCCCCCCCC/C=C/C(O)C(COP(=O)([O-])OCC[N+](C)(C)C)NC(=O)CCCCCCCCCCCCCCCCCCC/C=C\CCCCCCCCCCCCCC. The van der Waals surface area contributed by atoms with Crippen molar-refractivity contribution in [3.63, 3.8) is 0 Å². The molecule has 2 N–H and O–H groups in total. The number of allylic oxidation sites excluding steroid dienone is 3. The standard InChI is InChI=1S/C56H111N2O6P/c1-6-8-10-12-14-16-18-19-20-21-22-23-24-25-26-27-28-29-30-31-32-33-34-35-36-37-38-39-40-42-44-46-48-50-56(60)57-54(53-64-65(61,62)63-52-51-58(3,4)5)55(59)49-47-45-43-41-17-15-13-11-9-7-2/h25-26,47,49,54-55,59H,6-24,27-46,48,50-53H2,1-5H3,(H-,57,60,61,62)/b26-25-,49-47+. The predicted molar refractivity (Wildman–Crippen MR) is 279 cm³/mol. The first-order chi connectivity index (χ1) is 31.5. The number of carbonyl (C=O) groups is 1. The molecule has 0 bridgehead atoms. The lowest BCUT2D eigenvalue weighted by Gasteiger charge is -2.29. The van der Waals surface area contributed by atoms with Gasteiger partial charge in [-0.3, -0.25) is 9.36 Å². The average molecular weight is 939 g/mol. The van der Waals surface area contributed by atoms with Crippen LogP contribution in [0.3, 0.4) is 0 Å². The molecule has 0 aliphatic rings. The van der Waals surface area contributed by atoms with E-state index < -0.39 is 20.0 Å². The molecule has 0 aromatic rings. The summed E-state index contributed by atoms with van der Waals surface area (Å²) in [6, 6.07) is -0.882. The molecule has 0 aromatic heterocycles. The minimum atomic E-state index is -4.58. The number of nitrogens with zero attached hydrogens (tertiary/aromatic N) is 1. The van der Waals surface area contributed by atoms with Gasteiger partial charge >= 0.3 is 0 Å². The second-order valence-electron chi connectivity index (χ2n) is 20.6. The number of quaternary nitrogens is 1. The lowest BCUT2D eigenvalue weighted by molar-refractivity contribution is -0.870. The van der Waals surface area contributed by atoms with Gasteiger partial charge in [-0.25, -0.2) is 0 Å². The lowest BCUT2D eigenvalue weighted by atomic mass is 10.0. The zero-order valence-electron chi connectivity index (χ0n) is 44.0. The largest absolute Gasteiger partial charge is 0.756 e. The summed E-state index contributed by atoms with van der Waals surface area (Å²) in [5.74, 6) is -0.195. The molecule has 0 saturated carbocycles. The molecule has 1 amide bonds. The summed E-state index contributed by atoms with van der Waals surface area (Å²) in [5.41, 5.74) is 0. The van der Waals surface area contributed by atoms with Crippen molar-refractivity contribution in [3.8, 4) is 0 Å². The Morgan fingerprint density at radius 3 is 1.20 bits per heavy atom. The Kier molecular flexibility index (Phi) is 47.3. The molecule has 0 spiro atoms. The number of nitrogens with one attached hydrogen (secondary N) is 1. The van der Waals surface area contributed by atoms with Crippen molar-refractivity contribution in [1.29, 1.82) is 0 Å². The van der Waals surface area contributed by atoms with Crippen molar-refractivity contribution in [2.75, 3.05) is 40.9 Å². The van der Waals surface area contributed by atoms with Crippen molar-refractivity contribution < 1.29 is 32.9 Å². The second-order valence-corrected chi connectivity index (χ2v) is 22.1. The van der Waals surface area contributed by atoms with E-state index in [4.69, 9.17) is 9.05 Å². The molecule has 0 heterocycles. The van der Waals surface area contributed by atoms with E-state index in [-0.39, 0.29) is 19.1 Å². The third-order valence-corrected chi connectivity index (χ3v) is 13.9. The van der Waals surface area contributed by atoms with Crippen LogP contribution in [0.15, 0.2) is 24.3 Å². The molecule has 0 aliphatic carbocycles. The quantitative estimate of drug-likeness (QED) is 0.0272. The van der Waals surface area contributed by atoms with Gasteiger partial charge in [0, 0.05) is 6.42 Å². The maximum absolute atomic E-state index is 12.9. The Balaban J connectivity index is 3.92. The first-order valence-corrected chi connectivity index (χ1v) is 29.7. The molecule has 3 unspecified atom stereocenters. The van der Waals surface area contributed by atoms with Crippen LogP contribution in [0.2, 0.25) is 0 Å². The minimum absolute atomic E-state index is 0.000842. The second kappa shape index (κ2) is 48.0. The van der Waals surface area contributed by atoms with Crippen molar-refractivity contribution in [2.24, 2.45) is 0 Å². The Morgan fingerprint density at radius 2 is 0.846 bits per heavy atom. The predicted octanol–water partition coefficient (Wildman–Crippen LogP) is 16.2. The number of unbranched alkanes of at least 4 members (excludes halogenated alkanes) is 37. The molecule has 9 heteroatoms. The van der Waals surface area contributed by atoms with Crippen molar-refractivity contribution in [1.82, 2.24) is 5.32 Å². The van der Waals surface area contributed by atoms with Crippen LogP contribution in [0.5, 0.6) is 0 Å². The highest BCUT2D eigenvalue weighted by molar-refractivity contribution is 7.45. The zero-order chi connectivity index (χ0) is 47.8. The molecular formula is C56H111N2O6P. The van der Waals surface area contributed by atoms with Gasteiger partial charge in [0.25, 0.3) is 7.82 Å². The number of hydrogen-bond donors (Lipinski definition) is 2. The fourth-order valence-corrected chi connectivity index (χ4v) is 9.17. The molecular weight excluding hydrogens is 828 g/mol. The maximum Gasteiger partial charge on any atom is 0.268 e. The van der Waals surface area contributed by atoms with Crippen LogP contribution in [-0.2, 0) is 18.4 Å². The monoisotopic (exact) mass is 939 g/mol. The van der Waals surface area contributed by atoms with E-state index >= 15 is 0 Å². The Labute approximate surface area is 404 Å². The molecule has 0 aromatic carbocycles. The van der Waals surface area contributed by atoms with Crippen molar-refractivity contribution >= 4 is 13.7 Å². The number of hydrogen-bond acceptors (Lipinski definition) is 6. The van der Waals surface area contributed by atoms with Crippen LogP contribution in [-0.4, -0.2) is 68.5 Å². The summed E-state index contributed by atoms with van der Waals surface area (Å²) >= 11 is 0. The molecule has 0 rings (SSSR count). The highest BCUT2D eigenvalue weighted by Gasteiger charge is 2.23. The molecule has 3 atom stereocenters. The number of phosphoric acid groups is 1. The van der Waals surface area contributed by atoms with Gasteiger partial charge in [-0.15, -0.1) is 0 Å². The van der Waals surface area contributed by atoms with Crippen LogP contribution in [0.4, 0.5) is 0 Å². The molecule has 0 saturated heterocycles. The van der Waals surface area contributed by atoms with Crippen LogP contribution in [0.25, 0.3) is 0 Å². The van der Waals surface area contributed by atoms with Gasteiger partial charge in [0.1, 0.15) is 13.2 Å². The number of aliphatic hydroxyl groups is 1. The molecule has 65 heavy (non-hydrogen) atoms. The number of likely N-dealkylation sites (N-methyl/N-ethyl adjacent to an activating group) is 1. The van der Waals surface area contributed by atoms with Gasteiger partial charge in [0.2, 0.25) is 5.91 Å². The topological polar surface area (TPSA) is 108 Å². The summed E-state index contributed by atoms with van der Waals surface area (Å²) in [7, 11) is 1.27. The average Bonchev–Trinajstić information content (AvgIpc) is 3.26. The van der Waals surface area contributed by atoms with Crippen molar-refractivity contribution in [3.05, 3.63) is 24.3 Å². The van der Waals surface area contributed by atoms with E-state index in [0.717, 1.165) is 38.5 Å². The number of aliphatic hydroxyl groups excluding tert-OH is 1. The third kappa shape index (κ3) is 50.7. The first-order valence-electron chi connectivity index (χ1n) is 28.2. The summed E-state index contributed by atoms with van der Waals surface area (Å²) in [6.07, 6.45) is 59.9. The smallest absolute Gasteiger partial charge is 0.268 e. The Bertz CT molecular complexity index is 1110. The normalized spacial score (nSPS) is 14.1. The van der Waals surface area contributed by atoms with E-state index in [1.165, 1.54) is 218 Å². The van der Waals surface area contributed by atoms with Gasteiger partial charge in [-0.2, -0.15) is 0 Å². The van der Waals surface area contributed by atoms with E-state index in [1.807, 2.05) is 27.2 Å². The summed E-state index contributed by atoms with van der Waals surface area (Å²) in [6.45, 7) is 4.65. The Morgan fingerprint density at radius 1 is 0.523 bits per heavy atom. The van der Waals surface area contributed by atoms with E-state index in [1.54, 1.807) is 6.08 Å². The molecule has 386 valence electrons. The van der Waals surface area contributed by atoms with E-state index in [2.05, 4.69) is 31.3 Å². The molecule has 0 radical (unpaired) electrons. The number of rotatable bonds is 52. The van der Waals surface area contributed by atoms with Crippen LogP contribution >= 0.6 is 7.82 Å². The molecule has 0 aliphatic heterocycles. The zero-order valence-corrected chi connectivity index (χ0v) is 44.9. The number of carbonyl (C=O) groups excluding carboxylic acids is 1. The Hall–Kier alpha value is -1.02. The summed E-state index contributed by atoms with van der Waals surface area (Å²) in [5, 5.41) is 13.8. The lowest BCUT2D eigenvalue weighted by Crippen LogP contribution is -2.45. The maximum atomic E-state index is 12.9. The van der Waals surface area contributed by atoms with E-state index in [9.17, 15) is 19.4 Å². The van der Waals surface area contributed by atoms with Gasteiger partial charge in [-0.1, -0.05) is 250 Å².